The van der Waals surface area contributed by atoms with E-state index in [-0.39, 0.29) is 17.5 Å². The van der Waals surface area contributed by atoms with Gasteiger partial charge in [0.05, 0.1) is 29.2 Å². The summed E-state index contributed by atoms with van der Waals surface area (Å²) in [4.78, 5) is 19.0. The van der Waals surface area contributed by atoms with Crippen LogP contribution in [0, 0.1) is 23.7 Å². The van der Waals surface area contributed by atoms with Crippen LogP contribution in [0.2, 0.25) is 0 Å². The first kappa shape index (κ1) is 22.5. The Morgan fingerprint density at radius 2 is 1.97 bits per heavy atom. The van der Waals surface area contributed by atoms with Gasteiger partial charge in [0, 0.05) is 51.4 Å². The topological polar surface area (TPSA) is 105 Å². The molecule has 0 radical (unpaired) electrons. The zero-order valence-corrected chi connectivity index (χ0v) is 19.9. The fourth-order valence-electron chi connectivity index (χ4n) is 4.70. The van der Waals surface area contributed by atoms with Crippen LogP contribution in [0.5, 0.6) is 0 Å². The monoisotopic (exact) mass is 487 g/mol. The van der Waals surface area contributed by atoms with Gasteiger partial charge in [-0.05, 0) is 32.0 Å². The number of imidazole rings is 1. The van der Waals surface area contributed by atoms with Gasteiger partial charge >= 0.3 is 0 Å². The fourth-order valence-corrected chi connectivity index (χ4v) is 4.70. The van der Waals surface area contributed by atoms with Crippen LogP contribution in [-0.2, 0) is 0 Å². The van der Waals surface area contributed by atoms with E-state index in [2.05, 4.69) is 53.5 Å². The molecule has 2 aromatic heterocycles. The maximum absolute atomic E-state index is 15.7. The van der Waals surface area contributed by atoms with Crippen LogP contribution < -0.4 is 15.5 Å². The van der Waals surface area contributed by atoms with E-state index >= 15 is 4.39 Å². The Morgan fingerprint density at radius 3 is 2.67 bits per heavy atom. The molecule has 1 saturated carbocycles. The summed E-state index contributed by atoms with van der Waals surface area (Å²) in [6.07, 6.45) is 3.50. The highest BCUT2D eigenvalue weighted by molar-refractivity contribution is 5.71. The van der Waals surface area contributed by atoms with Gasteiger partial charge in [-0.3, -0.25) is 4.90 Å². The third-order valence-electron chi connectivity index (χ3n) is 7.06. The number of fused-ring (bicyclic) bond motifs is 1. The third-order valence-corrected chi connectivity index (χ3v) is 7.06. The molecule has 0 bridgehead atoms. The summed E-state index contributed by atoms with van der Waals surface area (Å²) in [5, 5.41) is 20.3. The van der Waals surface area contributed by atoms with E-state index in [4.69, 9.17) is 6.57 Å². The standard InChI is InChI=1S/C24H26FN11/c1-27-20-12-28-23-22(29-16-3-4-16)31-24(32-36(20)23)30-18-9-15(11-26)10-19(21(18)25)35-13-17(14-35)34-7-5-33(2)6-8-34/h9-10,12,16-17H,3-8,13-14H2,2H3,(H2,29,30,31,32). The summed E-state index contributed by atoms with van der Waals surface area (Å²) < 4.78 is 17.1. The average Bonchev–Trinajstić information content (AvgIpc) is 3.57. The molecule has 12 heteroatoms. The first-order valence-electron chi connectivity index (χ1n) is 12.1. The second-order valence-corrected chi connectivity index (χ2v) is 9.66. The van der Waals surface area contributed by atoms with E-state index in [9.17, 15) is 5.26 Å². The van der Waals surface area contributed by atoms with Crippen LogP contribution in [0.1, 0.15) is 18.4 Å². The largest absolute Gasteiger partial charge is 0.366 e. The SMILES string of the molecule is [C-]#[N+]c1cnc2c(NC3CC3)nc(Nc3cc(C#N)cc(N4CC(N5CCN(C)CC5)C4)c3F)nn12. The van der Waals surface area contributed by atoms with Crippen molar-refractivity contribution in [1.29, 1.82) is 5.26 Å². The third kappa shape index (κ3) is 4.15. The minimum absolute atomic E-state index is 0.118. The summed E-state index contributed by atoms with van der Waals surface area (Å²) in [7, 11) is 2.13. The Kier molecular flexibility index (Phi) is 5.55. The lowest BCUT2D eigenvalue weighted by Crippen LogP contribution is -2.63. The Bertz CT molecular complexity index is 1390. The predicted octanol–water partition coefficient (Wildman–Crippen LogP) is 2.44. The second kappa shape index (κ2) is 8.90. The Balaban J connectivity index is 1.27. The maximum Gasteiger partial charge on any atom is 0.275 e. The lowest BCUT2D eigenvalue weighted by atomic mass is 10.0. The van der Waals surface area contributed by atoms with E-state index in [1.165, 1.54) is 16.8 Å². The number of hydrogen-bond donors (Lipinski definition) is 2. The molecule has 6 rings (SSSR count). The Morgan fingerprint density at radius 1 is 1.19 bits per heavy atom. The predicted molar refractivity (Wildman–Crippen MR) is 133 cm³/mol. The molecule has 36 heavy (non-hydrogen) atoms. The lowest BCUT2D eigenvalue weighted by Gasteiger charge is -2.49. The van der Waals surface area contributed by atoms with Crippen LogP contribution in [-0.4, -0.2) is 87.8 Å². The van der Waals surface area contributed by atoms with E-state index in [1.807, 2.05) is 4.90 Å². The fraction of sp³-hybridized carbons (Fsp3) is 0.458. The number of nitriles is 1. The summed E-state index contributed by atoms with van der Waals surface area (Å²) in [5.74, 6) is 0.381. The van der Waals surface area contributed by atoms with Gasteiger partial charge in [-0.2, -0.15) is 10.2 Å². The van der Waals surface area contributed by atoms with Crippen molar-refractivity contribution >= 4 is 34.6 Å². The van der Waals surface area contributed by atoms with Crippen LogP contribution >= 0.6 is 0 Å². The maximum atomic E-state index is 15.7. The van der Waals surface area contributed by atoms with Crippen molar-refractivity contribution in [2.75, 3.05) is 61.8 Å². The van der Waals surface area contributed by atoms with E-state index in [0.717, 1.165) is 52.1 Å². The molecule has 3 aromatic rings. The number of piperazine rings is 1. The second-order valence-electron chi connectivity index (χ2n) is 9.66. The van der Waals surface area contributed by atoms with Crippen molar-refractivity contribution in [3.05, 3.63) is 41.1 Å². The average molecular weight is 488 g/mol. The number of rotatable bonds is 6. The van der Waals surface area contributed by atoms with Gasteiger partial charge in [-0.15, -0.1) is 4.52 Å². The molecular weight excluding hydrogens is 461 g/mol. The number of hydrogen-bond acceptors (Lipinski definition) is 9. The minimum atomic E-state index is -0.456. The van der Waals surface area contributed by atoms with Gasteiger partial charge < -0.3 is 25.3 Å². The Labute approximate surface area is 208 Å². The molecule has 1 aliphatic carbocycles. The highest BCUT2D eigenvalue weighted by atomic mass is 19.1. The highest BCUT2D eigenvalue weighted by Crippen LogP contribution is 2.34. The van der Waals surface area contributed by atoms with Gasteiger partial charge in [0.2, 0.25) is 0 Å². The highest BCUT2D eigenvalue weighted by Gasteiger charge is 2.35. The molecule has 3 fully saturated rings. The van der Waals surface area contributed by atoms with E-state index in [1.54, 1.807) is 6.07 Å². The quantitative estimate of drug-likeness (QED) is 0.507. The molecule has 0 unspecified atom stereocenters. The normalized spacial score (nSPS) is 19.1. The number of nitrogens with one attached hydrogen (secondary N) is 2. The summed E-state index contributed by atoms with van der Waals surface area (Å²) in [5.41, 5.74) is 1.30. The number of nitrogens with zero attached hydrogens (tertiary/aromatic N) is 9. The molecule has 2 N–H and O–H groups in total. The van der Waals surface area contributed by atoms with Crippen molar-refractivity contribution in [1.82, 2.24) is 29.4 Å². The number of halogens is 1. The van der Waals surface area contributed by atoms with Gasteiger partial charge in [0.1, 0.15) is 0 Å². The van der Waals surface area contributed by atoms with E-state index in [0.29, 0.717) is 34.8 Å². The number of benzene rings is 1. The van der Waals surface area contributed by atoms with Crippen LogP contribution in [0.25, 0.3) is 10.5 Å². The molecule has 2 saturated heterocycles. The summed E-state index contributed by atoms with van der Waals surface area (Å²) in [6.45, 7) is 12.9. The molecular formula is C24H26FN11. The van der Waals surface area contributed by atoms with E-state index < -0.39 is 5.82 Å². The molecule has 0 spiro atoms. The zero-order chi connectivity index (χ0) is 24.8. The van der Waals surface area contributed by atoms with Crippen LogP contribution in [0.3, 0.4) is 0 Å². The number of aromatic nitrogens is 4. The van der Waals surface area contributed by atoms with Crippen LogP contribution in [0.15, 0.2) is 18.3 Å². The summed E-state index contributed by atoms with van der Waals surface area (Å²) >= 11 is 0. The summed E-state index contributed by atoms with van der Waals surface area (Å²) in [6, 6.07) is 5.88. The molecule has 2 aliphatic heterocycles. The lowest BCUT2D eigenvalue weighted by molar-refractivity contribution is 0.0961. The molecule has 4 heterocycles. The van der Waals surface area contributed by atoms with Gasteiger partial charge in [-0.25, -0.2) is 9.37 Å². The van der Waals surface area contributed by atoms with Crippen molar-refractivity contribution in [3.63, 3.8) is 0 Å². The number of likely N-dealkylation sites (N-methyl/N-ethyl adjacent to an activating group) is 1. The van der Waals surface area contributed by atoms with Crippen molar-refractivity contribution in [2.45, 2.75) is 24.9 Å². The van der Waals surface area contributed by atoms with Gasteiger partial charge in [0.15, 0.2) is 11.6 Å². The molecule has 0 atom stereocenters. The molecule has 1 aromatic carbocycles. The Hall–Kier alpha value is -4.00. The molecule has 0 amide bonds. The van der Waals surface area contributed by atoms with Crippen molar-refractivity contribution in [2.24, 2.45) is 0 Å². The van der Waals surface area contributed by atoms with Gasteiger partial charge in [0.25, 0.3) is 17.4 Å². The van der Waals surface area contributed by atoms with Crippen LogP contribution in [0.4, 0.5) is 33.3 Å². The minimum Gasteiger partial charge on any atom is -0.366 e. The molecule has 11 nitrogen and oxygen atoms in total. The molecule has 3 aliphatic rings. The smallest absolute Gasteiger partial charge is 0.275 e. The zero-order valence-electron chi connectivity index (χ0n) is 19.9. The molecule has 184 valence electrons. The first-order valence-corrected chi connectivity index (χ1v) is 12.1. The van der Waals surface area contributed by atoms with Crippen molar-refractivity contribution < 1.29 is 4.39 Å². The van der Waals surface area contributed by atoms with Crippen molar-refractivity contribution in [3.8, 4) is 6.07 Å². The number of anilines is 4. The van der Waals surface area contributed by atoms with Gasteiger partial charge in [-0.1, -0.05) is 11.7 Å². The first-order chi connectivity index (χ1) is 17.5.